The van der Waals surface area contributed by atoms with Gasteiger partial charge in [-0.3, -0.25) is 4.79 Å². The molecule has 6 nitrogen and oxygen atoms in total. The zero-order valence-electron chi connectivity index (χ0n) is 14.7. The third-order valence-electron chi connectivity index (χ3n) is 5.04. The molecule has 0 aromatic heterocycles. The van der Waals surface area contributed by atoms with Gasteiger partial charge in [-0.15, -0.1) is 0 Å². The van der Waals surface area contributed by atoms with E-state index in [1.807, 2.05) is 0 Å². The molecule has 0 heterocycles. The Labute approximate surface area is 149 Å². The lowest BCUT2D eigenvalue weighted by Crippen LogP contribution is -2.41. The quantitative estimate of drug-likeness (QED) is 0.810. The fourth-order valence-corrected chi connectivity index (χ4v) is 4.79. The van der Waals surface area contributed by atoms with E-state index in [1.165, 1.54) is 19.6 Å². The van der Waals surface area contributed by atoms with E-state index in [4.69, 9.17) is 4.74 Å². The van der Waals surface area contributed by atoms with E-state index in [0.29, 0.717) is 11.5 Å². The predicted molar refractivity (Wildman–Crippen MR) is 95.2 cm³/mol. The van der Waals surface area contributed by atoms with Gasteiger partial charge in [0, 0.05) is 17.6 Å². The molecule has 0 aliphatic heterocycles. The summed E-state index contributed by atoms with van der Waals surface area (Å²) in [7, 11) is -2.27. The minimum Gasteiger partial charge on any atom is -0.495 e. The fraction of sp³-hybridized carbons (Fsp3) is 0.611. The molecular weight excluding hydrogens is 340 g/mol. The maximum absolute atomic E-state index is 12.6. The lowest BCUT2D eigenvalue weighted by atomic mass is 9.86. The van der Waals surface area contributed by atoms with Gasteiger partial charge in [0.15, 0.2) is 0 Å². The van der Waals surface area contributed by atoms with Gasteiger partial charge in [-0.1, -0.05) is 19.8 Å². The zero-order chi connectivity index (χ0) is 18.0. The third kappa shape index (κ3) is 4.33. The maximum Gasteiger partial charge on any atom is 0.251 e. The summed E-state index contributed by atoms with van der Waals surface area (Å²) in [5, 5.41) is 3.06. The Morgan fingerprint density at radius 1 is 1.16 bits per heavy atom. The summed E-state index contributed by atoms with van der Waals surface area (Å²) in [5.41, 5.74) is 0.342. The van der Waals surface area contributed by atoms with Crippen LogP contribution in [-0.4, -0.2) is 33.5 Å². The zero-order valence-corrected chi connectivity index (χ0v) is 15.6. The van der Waals surface area contributed by atoms with Crippen LogP contribution in [0.2, 0.25) is 0 Å². The van der Waals surface area contributed by atoms with E-state index in [0.717, 1.165) is 32.1 Å². The second-order valence-corrected chi connectivity index (χ2v) is 8.79. The Balaban J connectivity index is 1.81. The molecule has 2 saturated carbocycles. The molecule has 2 fully saturated rings. The molecule has 1 aromatic rings. The van der Waals surface area contributed by atoms with Crippen molar-refractivity contribution in [1.82, 2.24) is 10.0 Å². The van der Waals surface area contributed by atoms with Crippen molar-refractivity contribution in [2.45, 2.75) is 62.4 Å². The summed E-state index contributed by atoms with van der Waals surface area (Å²) in [5.74, 6) is 0.454. The van der Waals surface area contributed by atoms with Crippen LogP contribution >= 0.6 is 0 Å². The Kier molecular flexibility index (Phi) is 5.34. The summed E-state index contributed by atoms with van der Waals surface area (Å²) >= 11 is 0. The number of carbonyl (C=O) groups excluding carboxylic acids is 1. The van der Waals surface area contributed by atoms with E-state index in [9.17, 15) is 13.2 Å². The number of amides is 1. The molecule has 2 N–H and O–H groups in total. The number of hydrogen-bond acceptors (Lipinski definition) is 4. The van der Waals surface area contributed by atoms with Crippen molar-refractivity contribution in [1.29, 1.82) is 0 Å². The van der Waals surface area contributed by atoms with Crippen LogP contribution in [-0.2, 0) is 10.0 Å². The predicted octanol–water partition coefficient (Wildman–Crippen LogP) is 2.44. The summed E-state index contributed by atoms with van der Waals surface area (Å²) < 4.78 is 32.9. The molecule has 138 valence electrons. The minimum absolute atomic E-state index is 0.00437. The Morgan fingerprint density at radius 2 is 1.88 bits per heavy atom. The highest BCUT2D eigenvalue weighted by molar-refractivity contribution is 7.89. The van der Waals surface area contributed by atoms with Gasteiger partial charge in [-0.25, -0.2) is 13.1 Å². The van der Waals surface area contributed by atoms with Crippen molar-refractivity contribution in [2.24, 2.45) is 5.92 Å². The molecule has 3 rings (SSSR count). The highest BCUT2D eigenvalue weighted by atomic mass is 32.2. The molecule has 0 unspecified atom stereocenters. The van der Waals surface area contributed by atoms with Crippen LogP contribution in [0.4, 0.5) is 0 Å². The second-order valence-electron chi connectivity index (χ2n) is 7.10. The van der Waals surface area contributed by atoms with Crippen LogP contribution in [0.15, 0.2) is 23.1 Å². The van der Waals surface area contributed by atoms with Crippen LogP contribution in [0.3, 0.4) is 0 Å². The number of ether oxygens (including phenoxy) is 1. The van der Waals surface area contributed by atoms with Gasteiger partial charge in [-0.2, -0.15) is 0 Å². The van der Waals surface area contributed by atoms with Gasteiger partial charge >= 0.3 is 0 Å². The number of methoxy groups -OCH3 is 1. The van der Waals surface area contributed by atoms with Gasteiger partial charge in [-0.05, 0) is 49.8 Å². The largest absolute Gasteiger partial charge is 0.495 e. The summed E-state index contributed by atoms with van der Waals surface area (Å²) in [6.45, 7) is 2.15. The molecule has 2 aliphatic carbocycles. The van der Waals surface area contributed by atoms with E-state index >= 15 is 0 Å². The van der Waals surface area contributed by atoms with Crippen LogP contribution in [0.5, 0.6) is 5.75 Å². The van der Waals surface area contributed by atoms with E-state index in [-0.39, 0.29) is 28.6 Å². The average Bonchev–Trinajstić information content (AvgIpc) is 3.39. The molecule has 1 amide bonds. The monoisotopic (exact) mass is 366 g/mol. The molecule has 0 spiro atoms. The third-order valence-corrected chi connectivity index (χ3v) is 6.58. The highest BCUT2D eigenvalue weighted by Crippen LogP contribution is 2.29. The lowest BCUT2D eigenvalue weighted by Gasteiger charge is -2.29. The van der Waals surface area contributed by atoms with Gasteiger partial charge < -0.3 is 10.1 Å². The van der Waals surface area contributed by atoms with Crippen molar-refractivity contribution in [3.63, 3.8) is 0 Å². The molecule has 0 bridgehead atoms. The Morgan fingerprint density at radius 3 is 2.52 bits per heavy atom. The first-order chi connectivity index (χ1) is 11.9. The van der Waals surface area contributed by atoms with Gasteiger partial charge in [0.25, 0.3) is 5.91 Å². The number of benzene rings is 1. The normalized spacial score (nSPS) is 23.9. The molecular formula is C18H26N2O4S. The van der Waals surface area contributed by atoms with Crippen LogP contribution in [0.25, 0.3) is 0 Å². The molecule has 1 aromatic carbocycles. The average molecular weight is 366 g/mol. The summed E-state index contributed by atoms with van der Waals surface area (Å²) in [4.78, 5) is 12.6. The minimum atomic E-state index is -3.69. The number of sulfonamides is 1. The molecule has 0 saturated heterocycles. The number of nitrogens with one attached hydrogen (secondary N) is 2. The van der Waals surface area contributed by atoms with Gasteiger partial charge in [0.1, 0.15) is 10.6 Å². The first-order valence-corrected chi connectivity index (χ1v) is 10.4. The topological polar surface area (TPSA) is 84.5 Å². The van der Waals surface area contributed by atoms with Gasteiger partial charge in [0.2, 0.25) is 10.0 Å². The first kappa shape index (κ1) is 18.2. The summed E-state index contributed by atoms with van der Waals surface area (Å²) in [6.07, 6.45) is 6.09. The molecule has 7 heteroatoms. The number of hydrogen-bond donors (Lipinski definition) is 2. The number of carbonyl (C=O) groups is 1. The van der Waals surface area contributed by atoms with Crippen molar-refractivity contribution >= 4 is 15.9 Å². The second kappa shape index (κ2) is 7.33. The molecule has 2 atom stereocenters. The van der Waals surface area contributed by atoms with E-state index in [1.54, 1.807) is 12.1 Å². The number of rotatable bonds is 6. The standard InChI is InChI=1S/C18H26N2O4S/c1-12-5-3-4-6-15(12)19-18(21)13-7-10-16(24-2)17(11-13)25(22,23)20-14-8-9-14/h7,10-12,14-15,20H,3-6,8-9H2,1-2H3,(H,19,21)/t12-,15-/m1/s1. The van der Waals surface area contributed by atoms with Crippen molar-refractivity contribution in [3.8, 4) is 5.75 Å². The summed E-state index contributed by atoms with van der Waals surface area (Å²) in [6, 6.07) is 4.70. The maximum atomic E-state index is 12.6. The first-order valence-electron chi connectivity index (χ1n) is 8.92. The molecule has 0 radical (unpaired) electrons. The van der Waals surface area contributed by atoms with Crippen LogP contribution in [0, 0.1) is 5.92 Å². The Hall–Kier alpha value is -1.60. The lowest BCUT2D eigenvalue weighted by molar-refractivity contribution is 0.0910. The van der Waals surface area contributed by atoms with Crippen molar-refractivity contribution in [3.05, 3.63) is 23.8 Å². The van der Waals surface area contributed by atoms with Crippen molar-refractivity contribution < 1.29 is 17.9 Å². The fourth-order valence-electron chi connectivity index (χ4n) is 3.29. The SMILES string of the molecule is COc1ccc(C(=O)N[C@@H]2CCCC[C@H]2C)cc1S(=O)(=O)NC1CC1. The van der Waals surface area contributed by atoms with E-state index < -0.39 is 10.0 Å². The van der Waals surface area contributed by atoms with Crippen LogP contribution in [0.1, 0.15) is 55.8 Å². The Bertz CT molecular complexity index is 743. The van der Waals surface area contributed by atoms with E-state index in [2.05, 4.69) is 17.0 Å². The van der Waals surface area contributed by atoms with Gasteiger partial charge in [0.05, 0.1) is 7.11 Å². The van der Waals surface area contributed by atoms with Crippen LogP contribution < -0.4 is 14.8 Å². The van der Waals surface area contributed by atoms with Crippen molar-refractivity contribution in [2.75, 3.05) is 7.11 Å². The highest BCUT2D eigenvalue weighted by Gasteiger charge is 2.31. The smallest absolute Gasteiger partial charge is 0.251 e. The molecule has 25 heavy (non-hydrogen) atoms. The molecule has 2 aliphatic rings.